The molecule has 0 spiro atoms. The van der Waals surface area contributed by atoms with Gasteiger partial charge < -0.3 is 20.7 Å². The highest BCUT2D eigenvalue weighted by molar-refractivity contribution is 5.81. The second-order valence-electron chi connectivity index (χ2n) is 6.78. The Morgan fingerprint density at radius 2 is 2.16 bits per heavy atom. The monoisotopic (exact) mass is 348 g/mol. The van der Waals surface area contributed by atoms with Gasteiger partial charge in [-0.1, -0.05) is 0 Å². The average Bonchev–Trinajstić information content (AvgIpc) is 2.62. The molecule has 1 saturated heterocycles. The lowest BCUT2D eigenvalue weighted by molar-refractivity contribution is -0.0855. The van der Waals surface area contributed by atoms with Crippen molar-refractivity contribution in [1.82, 2.24) is 4.98 Å². The van der Waals surface area contributed by atoms with Crippen molar-refractivity contribution in [3.63, 3.8) is 0 Å². The number of pyridine rings is 1. The number of nitrogens with zero attached hydrogens (tertiary/aromatic N) is 1. The highest BCUT2D eigenvalue weighted by Gasteiger charge is 2.30. The van der Waals surface area contributed by atoms with Crippen LogP contribution in [0.15, 0.2) is 30.5 Å². The molecule has 0 bridgehead atoms. The van der Waals surface area contributed by atoms with Gasteiger partial charge in [-0.15, -0.1) is 0 Å². The number of aliphatic hydroxyl groups excluding tert-OH is 2. The largest absolute Gasteiger partial charge is 0.394 e. The van der Waals surface area contributed by atoms with E-state index in [4.69, 9.17) is 15.6 Å². The first-order valence-corrected chi connectivity index (χ1v) is 8.80. The highest BCUT2D eigenvalue weighted by Crippen LogP contribution is 2.26. The fourth-order valence-corrected chi connectivity index (χ4v) is 3.48. The van der Waals surface area contributed by atoms with E-state index in [0.717, 1.165) is 42.1 Å². The Labute approximate surface area is 146 Å². The maximum atomic E-state index is 13.6. The molecule has 2 aromatic rings. The van der Waals surface area contributed by atoms with Crippen LogP contribution in [-0.4, -0.2) is 46.2 Å². The van der Waals surface area contributed by atoms with E-state index < -0.39 is 6.10 Å². The maximum absolute atomic E-state index is 13.6. The second kappa shape index (κ2) is 8.19. The minimum Gasteiger partial charge on any atom is -0.394 e. The van der Waals surface area contributed by atoms with Crippen molar-refractivity contribution in [2.45, 2.75) is 56.5 Å². The third-order valence-electron chi connectivity index (χ3n) is 4.91. The molecule has 5 nitrogen and oxygen atoms in total. The van der Waals surface area contributed by atoms with Gasteiger partial charge in [0.15, 0.2) is 0 Å². The van der Waals surface area contributed by atoms with Crippen LogP contribution in [0.5, 0.6) is 0 Å². The standard InChI is InChI=1S/C19H25FN2O3/c20-13-2-6-18-16(9-13)12(7-8-22-18)1-3-15-4-5-17(21)19(25-15)10-14(24)11-23/h2,6-9,14-15,17,19,23-24H,1,3-5,10-11,21H2/t14?,15-,17-,19-/m1/s1. The van der Waals surface area contributed by atoms with Crippen LogP contribution in [0.1, 0.15) is 31.2 Å². The van der Waals surface area contributed by atoms with Crippen molar-refractivity contribution in [2.24, 2.45) is 5.73 Å². The van der Waals surface area contributed by atoms with Gasteiger partial charge in [0.05, 0.1) is 30.4 Å². The summed E-state index contributed by atoms with van der Waals surface area (Å²) in [5.74, 6) is -0.264. The third kappa shape index (κ3) is 4.52. The Bertz CT molecular complexity index is 712. The molecule has 1 aliphatic heterocycles. The smallest absolute Gasteiger partial charge is 0.123 e. The van der Waals surface area contributed by atoms with E-state index in [9.17, 15) is 9.50 Å². The summed E-state index contributed by atoms with van der Waals surface area (Å²) >= 11 is 0. The molecule has 1 unspecified atom stereocenters. The summed E-state index contributed by atoms with van der Waals surface area (Å²) in [5.41, 5.74) is 7.91. The summed E-state index contributed by atoms with van der Waals surface area (Å²) in [6.07, 6.45) is 4.35. The molecule has 0 aliphatic carbocycles. The molecule has 1 aromatic heterocycles. The molecule has 1 aliphatic rings. The molecule has 3 rings (SSSR count). The normalized spacial score (nSPS) is 25.2. The van der Waals surface area contributed by atoms with Crippen LogP contribution in [0.25, 0.3) is 10.9 Å². The number of nitrogens with two attached hydrogens (primary N) is 1. The Balaban J connectivity index is 1.64. The van der Waals surface area contributed by atoms with Gasteiger partial charge in [0.1, 0.15) is 5.82 Å². The summed E-state index contributed by atoms with van der Waals surface area (Å²) in [4.78, 5) is 4.28. The minimum atomic E-state index is -0.804. The third-order valence-corrected chi connectivity index (χ3v) is 4.91. The maximum Gasteiger partial charge on any atom is 0.123 e. The van der Waals surface area contributed by atoms with E-state index in [1.165, 1.54) is 12.1 Å². The molecular weight excluding hydrogens is 323 g/mol. The average molecular weight is 348 g/mol. The molecule has 1 aromatic carbocycles. The minimum absolute atomic E-state index is 0.0486. The number of halogens is 1. The molecule has 25 heavy (non-hydrogen) atoms. The molecule has 4 N–H and O–H groups in total. The molecular formula is C19H25FN2O3. The SMILES string of the molecule is N[C@@H]1CC[C@@H](CCc2ccnc3ccc(F)cc23)O[C@@H]1CC(O)CO. The zero-order chi connectivity index (χ0) is 17.8. The lowest BCUT2D eigenvalue weighted by Gasteiger charge is -2.35. The first-order chi connectivity index (χ1) is 12.1. The van der Waals surface area contributed by atoms with Crippen molar-refractivity contribution >= 4 is 10.9 Å². The van der Waals surface area contributed by atoms with E-state index in [0.29, 0.717) is 6.42 Å². The molecule has 136 valence electrons. The van der Waals surface area contributed by atoms with E-state index in [2.05, 4.69) is 4.98 Å². The van der Waals surface area contributed by atoms with E-state index >= 15 is 0 Å². The first kappa shape index (κ1) is 18.2. The fraction of sp³-hybridized carbons (Fsp3) is 0.526. The molecule has 4 atom stereocenters. The Hall–Kier alpha value is -1.60. The van der Waals surface area contributed by atoms with Crippen LogP contribution in [0, 0.1) is 5.82 Å². The summed E-state index contributed by atoms with van der Waals surface area (Å²) < 4.78 is 19.6. The fourth-order valence-electron chi connectivity index (χ4n) is 3.48. The second-order valence-corrected chi connectivity index (χ2v) is 6.78. The number of aromatic nitrogens is 1. The molecule has 0 saturated carbocycles. The van der Waals surface area contributed by atoms with Gasteiger partial charge in [-0.2, -0.15) is 0 Å². The zero-order valence-electron chi connectivity index (χ0n) is 14.1. The summed E-state index contributed by atoms with van der Waals surface area (Å²) in [5, 5.41) is 19.5. The van der Waals surface area contributed by atoms with Crippen LogP contribution >= 0.6 is 0 Å². The van der Waals surface area contributed by atoms with Gasteiger partial charge in [0.25, 0.3) is 0 Å². The van der Waals surface area contributed by atoms with Crippen LogP contribution in [0.2, 0.25) is 0 Å². The highest BCUT2D eigenvalue weighted by atomic mass is 19.1. The van der Waals surface area contributed by atoms with Gasteiger partial charge in [-0.25, -0.2) is 4.39 Å². The van der Waals surface area contributed by atoms with Crippen LogP contribution in [-0.2, 0) is 11.2 Å². The molecule has 0 amide bonds. The van der Waals surface area contributed by atoms with Crippen LogP contribution < -0.4 is 5.73 Å². The summed E-state index contributed by atoms with van der Waals surface area (Å²) in [6, 6.07) is 6.44. The van der Waals surface area contributed by atoms with Gasteiger partial charge in [0.2, 0.25) is 0 Å². The number of hydrogen-bond acceptors (Lipinski definition) is 5. The Morgan fingerprint density at radius 1 is 1.32 bits per heavy atom. The van der Waals surface area contributed by atoms with Gasteiger partial charge in [0, 0.05) is 24.0 Å². The first-order valence-electron chi connectivity index (χ1n) is 8.80. The summed E-state index contributed by atoms with van der Waals surface area (Å²) in [7, 11) is 0. The number of benzene rings is 1. The van der Waals surface area contributed by atoms with Gasteiger partial charge in [-0.3, -0.25) is 4.98 Å². The van der Waals surface area contributed by atoms with Crippen LogP contribution in [0.4, 0.5) is 4.39 Å². The summed E-state index contributed by atoms with van der Waals surface area (Å²) in [6.45, 7) is -0.286. The van der Waals surface area contributed by atoms with Gasteiger partial charge in [-0.05, 0) is 55.5 Å². The van der Waals surface area contributed by atoms with E-state index in [1.807, 2.05) is 6.07 Å². The number of fused-ring (bicyclic) bond motifs is 1. The van der Waals surface area contributed by atoms with Gasteiger partial charge >= 0.3 is 0 Å². The number of aryl methyl sites for hydroxylation is 1. The van der Waals surface area contributed by atoms with Crippen molar-refractivity contribution in [1.29, 1.82) is 0 Å². The van der Waals surface area contributed by atoms with Crippen molar-refractivity contribution in [3.8, 4) is 0 Å². The molecule has 1 fully saturated rings. The number of aliphatic hydroxyl groups is 2. The van der Waals surface area contributed by atoms with Crippen LogP contribution in [0.3, 0.4) is 0 Å². The zero-order valence-corrected chi connectivity index (χ0v) is 14.1. The van der Waals surface area contributed by atoms with Crippen molar-refractivity contribution in [2.75, 3.05) is 6.61 Å². The number of ether oxygens (including phenoxy) is 1. The predicted octanol–water partition coefficient (Wildman–Crippen LogP) is 1.92. The van der Waals surface area contributed by atoms with Crippen molar-refractivity contribution < 1.29 is 19.3 Å². The van der Waals surface area contributed by atoms with E-state index in [-0.39, 0.29) is 30.7 Å². The Kier molecular flexibility index (Phi) is 5.96. The lowest BCUT2D eigenvalue weighted by atomic mass is 9.92. The number of rotatable bonds is 6. The topological polar surface area (TPSA) is 88.6 Å². The molecule has 2 heterocycles. The molecule has 0 radical (unpaired) electrons. The van der Waals surface area contributed by atoms with E-state index in [1.54, 1.807) is 12.3 Å². The molecule has 6 heteroatoms. The Morgan fingerprint density at radius 3 is 2.96 bits per heavy atom. The van der Waals surface area contributed by atoms with Crippen molar-refractivity contribution in [3.05, 3.63) is 41.8 Å². The predicted molar refractivity (Wildman–Crippen MR) is 93.6 cm³/mol. The quantitative estimate of drug-likeness (QED) is 0.742. The number of hydrogen-bond donors (Lipinski definition) is 3. The lowest BCUT2D eigenvalue weighted by Crippen LogP contribution is -2.46.